The van der Waals surface area contributed by atoms with E-state index in [1.165, 1.54) is 12.4 Å². The second-order valence-corrected chi connectivity index (χ2v) is 6.40. The zero-order chi connectivity index (χ0) is 21.1. The zero-order valence-electron chi connectivity index (χ0n) is 15.4. The molecule has 1 amide bonds. The summed E-state index contributed by atoms with van der Waals surface area (Å²) < 4.78 is 46.8. The lowest BCUT2D eigenvalue weighted by molar-refractivity contribution is -0.115. The van der Waals surface area contributed by atoms with Crippen LogP contribution in [0, 0.1) is 17.5 Å². The highest BCUT2D eigenvalue weighted by Gasteiger charge is 2.25. The van der Waals surface area contributed by atoms with Crippen molar-refractivity contribution in [3.63, 3.8) is 0 Å². The van der Waals surface area contributed by atoms with E-state index < -0.39 is 17.5 Å². The van der Waals surface area contributed by atoms with Gasteiger partial charge in [0.15, 0.2) is 17.5 Å². The van der Waals surface area contributed by atoms with Gasteiger partial charge in [-0.05, 0) is 35.4 Å². The van der Waals surface area contributed by atoms with Crippen molar-refractivity contribution >= 4 is 11.8 Å². The molecule has 0 aliphatic rings. The number of rotatable bonds is 5. The average molecular weight is 409 g/mol. The van der Waals surface area contributed by atoms with Crippen LogP contribution < -0.4 is 5.32 Å². The van der Waals surface area contributed by atoms with Gasteiger partial charge in [-0.15, -0.1) is 0 Å². The number of nitrogens with zero attached hydrogens (tertiary/aromatic N) is 2. The third-order valence-corrected chi connectivity index (χ3v) is 4.41. The van der Waals surface area contributed by atoms with Crippen LogP contribution >= 0.6 is 0 Å². The summed E-state index contributed by atoms with van der Waals surface area (Å²) in [6.07, 6.45) is 3.05. The fourth-order valence-electron chi connectivity index (χ4n) is 3.01. The molecule has 2 aromatic carbocycles. The molecule has 0 bridgehead atoms. The summed E-state index contributed by atoms with van der Waals surface area (Å²) in [6.45, 7) is 0. The molecule has 30 heavy (non-hydrogen) atoms. The number of benzene rings is 2. The lowest BCUT2D eigenvalue weighted by Gasteiger charge is -2.07. The lowest BCUT2D eigenvalue weighted by atomic mass is 10.0. The Morgan fingerprint density at radius 1 is 0.933 bits per heavy atom. The molecule has 0 spiro atoms. The molecule has 8 heteroatoms. The highest BCUT2D eigenvalue weighted by molar-refractivity contribution is 5.97. The van der Waals surface area contributed by atoms with Gasteiger partial charge in [-0.3, -0.25) is 15.1 Å². The number of nitrogens with one attached hydrogen (secondary N) is 1. The van der Waals surface area contributed by atoms with Crippen molar-refractivity contribution in [2.24, 2.45) is 0 Å². The zero-order valence-corrected chi connectivity index (χ0v) is 15.4. The summed E-state index contributed by atoms with van der Waals surface area (Å²) in [5, 5.41) is 6.43. The smallest absolute Gasteiger partial charge is 0.239 e. The van der Waals surface area contributed by atoms with Crippen LogP contribution in [0.4, 0.5) is 19.1 Å². The van der Waals surface area contributed by atoms with Crippen LogP contribution in [0.3, 0.4) is 0 Å². The molecule has 0 atom stereocenters. The maximum atomic E-state index is 14.4. The molecule has 5 nitrogen and oxygen atoms in total. The molecular formula is C22H14F3N3O2. The molecule has 2 aromatic heterocycles. The number of carbonyl (C=O) groups excluding carboxylic acids is 1. The van der Waals surface area contributed by atoms with Gasteiger partial charge in [0, 0.05) is 18.0 Å². The topological polar surface area (TPSA) is 68.0 Å². The Kier molecular flexibility index (Phi) is 5.30. The summed E-state index contributed by atoms with van der Waals surface area (Å²) in [6, 6.07) is 14.1. The predicted octanol–water partition coefficient (Wildman–Crippen LogP) is 5.00. The number of hydrogen-bond donors (Lipinski definition) is 1. The molecule has 0 aliphatic heterocycles. The lowest BCUT2D eigenvalue weighted by Crippen LogP contribution is -2.14. The van der Waals surface area contributed by atoms with Gasteiger partial charge < -0.3 is 4.52 Å². The van der Waals surface area contributed by atoms with E-state index in [4.69, 9.17) is 4.52 Å². The maximum Gasteiger partial charge on any atom is 0.239 e. The van der Waals surface area contributed by atoms with E-state index in [0.717, 1.165) is 17.7 Å². The third-order valence-electron chi connectivity index (χ3n) is 4.41. The Morgan fingerprint density at radius 2 is 1.67 bits per heavy atom. The minimum absolute atomic E-state index is 0.0405. The molecule has 0 unspecified atom stereocenters. The largest absolute Gasteiger partial charge is 0.337 e. The Bertz CT molecular complexity index is 1200. The first-order valence-corrected chi connectivity index (χ1v) is 8.92. The molecule has 4 aromatic rings. The van der Waals surface area contributed by atoms with Gasteiger partial charge in [-0.25, -0.2) is 13.2 Å². The third kappa shape index (κ3) is 3.80. The highest BCUT2D eigenvalue weighted by Crippen LogP contribution is 2.39. The first kappa shape index (κ1) is 19.4. The molecule has 4 rings (SSSR count). The number of amides is 1. The second kappa shape index (κ2) is 8.20. The summed E-state index contributed by atoms with van der Waals surface area (Å²) in [7, 11) is 0. The predicted molar refractivity (Wildman–Crippen MR) is 104 cm³/mol. The van der Waals surface area contributed by atoms with E-state index in [9.17, 15) is 18.0 Å². The summed E-state index contributed by atoms with van der Waals surface area (Å²) >= 11 is 0. The van der Waals surface area contributed by atoms with Gasteiger partial charge in [0.05, 0.1) is 12.0 Å². The molecule has 0 saturated carbocycles. The van der Waals surface area contributed by atoms with Gasteiger partial charge in [-0.2, -0.15) is 0 Å². The summed E-state index contributed by atoms with van der Waals surface area (Å²) in [5.74, 6) is -4.76. The minimum Gasteiger partial charge on any atom is -0.337 e. The fourth-order valence-corrected chi connectivity index (χ4v) is 3.01. The number of hydrogen-bond acceptors (Lipinski definition) is 4. The van der Waals surface area contributed by atoms with Crippen LogP contribution in [0.15, 0.2) is 71.5 Å². The van der Waals surface area contributed by atoms with Gasteiger partial charge in [0.1, 0.15) is 5.69 Å². The van der Waals surface area contributed by atoms with E-state index in [1.807, 2.05) is 18.2 Å². The van der Waals surface area contributed by atoms with Crippen LogP contribution in [0.1, 0.15) is 5.56 Å². The fraction of sp³-hybridized carbons (Fsp3) is 0.0455. The van der Waals surface area contributed by atoms with E-state index in [2.05, 4.69) is 15.5 Å². The van der Waals surface area contributed by atoms with E-state index in [-0.39, 0.29) is 35.0 Å². The molecule has 1 N–H and O–H groups in total. The van der Waals surface area contributed by atoms with E-state index in [0.29, 0.717) is 5.56 Å². The van der Waals surface area contributed by atoms with Crippen molar-refractivity contribution in [3.8, 4) is 22.4 Å². The summed E-state index contributed by atoms with van der Waals surface area (Å²) in [5.41, 5.74) is 1.14. The Labute approximate surface area is 169 Å². The van der Waals surface area contributed by atoms with Gasteiger partial charge >= 0.3 is 0 Å². The Balaban J connectivity index is 1.75. The molecular weight excluding hydrogens is 395 g/mol. The van der Waals surface area contributed by atoms with Crippen molar-refractivity contribution in [1.29, 1.82) is 0 Å². The monoisotopic (exact) mass is 409 g/mol. The van der Waals surface area contributed by atoms with Gasteiger partial charge in [0.2, 0.25) is 11.8 Å². The molecule has 150 valence electrons. The molecule has 0 radical (unpaired) electrons. The number of anilines is 1. The SMILES string of the molecule is O=C(Cc1ccccc1)Nc1onc(-c2ccc(F)c(F)c2F)c1-c1ccncc1. The first-order chi connectivity index (χ1) is 14.5. The van der Waals surface area contributed by atoms with E-state index >= 15 is 0 Å². The molecule has 0 aliphatic carbocycles. The van der Waals surface area contributed by atoms with Crippen molar-refractivity contribution in [3.05, 3.63) is 90.0 Å². The number of halogens is 3. The van der Waals surface area contributed by atoms with Crippen LogP contribution in [-0.2, 0) is 11.2 Å². The van der Waals surface area contributed by atoms with Crippen molar-refractivity contribution < 1.29 is 22.5 Å². The quantitative estimate of drug-likeness (QED) is 0.471. The van der Waals surface area contributed by atoms with Crippen LogP contribution in [0.5, 0.6) is 0 Å². The van der Waals surface area contributed by atoms with Crippen LogP contribution in [0.2, 0.25) is 0 Å². The number of aromatic nitrogens is 2. The highest BCUT2D eigenvalue weighted by atomic mass is 19.2. The van der Waals surface area contributed by atoms with Crippen LogP contribution in [0.25, 0.3) is 22.4 Å². The van der Waals surface area contributed by atoms with Crippen LogP contribution in [-0.4, -0.2) is 16.0 Å². The Morgan fingerprint density at radius 3 is 2.40 bits per heavy atom. The summed E-state index contributed by atoms with van der Waals surface area (Å²) in [4.78, 5) is 16.4. The van der Waals surface area contributed by atoms with Gasteiger partial charge in [-0.1, -0.05) is 35.5 Å². The second-order valence-electron chi connectivity index (χ2n) is 6.40. The average Bonchev–Trinajstić information content (AvgIpc) is 3.16. The normalized spacial score (nSPS) is 10.8. The van der Waals surface area contributed by atoms with Crippen molar-refractivity contribution in [2.45, 2.75) is 6.42 Å². The maximum absolute atomic E-state index is 14.4. The molecule has 0 fully saturated rings. The standard InChI is InChI=1S/C22H14F3N3O2/c23-16-7-6-15(19(24)20(16)25)21-18(14-8-10-26-11-9-14)22(30-28-21)27-17(29)12-13-4-2-1-3-5-13/h1-11H,12H2,(H,27,29). The minimum atomic E-state index is -1.62. The van der Waals surface area contributed by atoms with E-state index in [1.54, 1.807) is 24.3 Å². The molecule has 2 heterocycles. The van der Waals surface area contributed by atoms with Crippen molar-refractivity contribution in [2.75, 3.05) is 5.32 Å². The first-order valence-electron chi connectivity index (χ1n) is 8.92. The Hall–Kier alpha value is -3.94. The molecule has 0 saturated heterocycles. The van der Waals surface area contributed by atoms with Gasteiger partial charge in [0.25, 0.3) is 0 Å². The number of carbonyl (C=O) groups is 1. The van der Waals surface area contributed by atoms with Crippen molar-refractivity contribution in [1.82, 2.24) is 10.1 Å². The number of pyridine rings is 1.